The van der Waals surface area contributed by atoms with Crippen molar-refractivity contribution in [3.63, 3.8) is 0 Å². The number of hydrogen-bond donors (Lipinski definition) is 5. The summed E-state index contributed by atoms with van der Waals surface area (Å²) < 4.78 is 8.49. The molecule has 2 saturated heterocycles. The van der Waals surface area contributed by atoms with E-state index in [1.807, 2.05) is 62.6 Å². The fourth-order valence-corrected chi connectivity index (χ4v) is 9.88. The third kappa shape index (κ3) is 5.42. The van der Waals surface area contributed by atoms with Crippen molar-refractivity contribution in [2.75, 3.05) is 23.8 Å². The number of carbonyl (C=O) groups is 2. The molecule has 43 heavy (non-hydrogen) atoms. The zero-order valence-corrected chi connectivity index (χ0v) is 25.8. The lowest BCUT2D eigenvalue weighted by Gasteiger charge is -2.32. The lowest BCUT2D eigenvalue weighted by Crippen LogP contribution is -2.43. The van der Waals surface area contributed by atoms with Crippen molar-refractivity contribution in [3.8, 4) is 0 Å². The molecular formula is C31H40N6O5Si. The minimum atomic E-state index is -2.81. The molecule has 3 aliphatic rings. The Labute approximate surface area is 252 Å². The summed E-state index contributed by atoms with van der Waals surface area (Å²) in [5, 5.41) is 27.9. The van der Waals surface area contributed by atoms with Crippen LogP contribution in [0.3, 0.4) is 0 Å². The predicted octanol–water partition coefficient (Wildman–Crippen LogP) is 2.93. The second kappa shape index (κ2) is 11.6. The Balaban J connectivity index is 1.24. The molecule has 0 aliphatic carbocycles. The largest absolute Gasteiger partial charge is 0.432 e. The number of rotatable bonds is 9. The summed E-state index contributed by atoms with van der Waals surface area (Å²) in [5.74, 6) is -0.934. The maximum atomic E-state index is 13.7. The van der Waals surface area contributed by atoms with Crippen molar-refractivity contribution >= 4 is 31.5 Å². The van der Waals surface area contributed by atoms with Crippen LogP contribution < -0.4 is 16.0 Å². The van der Waals surface area contributed by atoms with Gasteiger partial charge in [0.05, 0.1) is 30.4 Å². The number of benzene rings is 2. The van der Waals surface area contributed by atoms with Gasteiger partial charge in [-0.25, -0.2) is 0 Å². The number of anilines is 2. The van der Waals surface area contributed by atoms with Crippen LogP contribution in [0.4, 0.5) is 11.4 Å². The maximum absolute atomic E-state index is 13.7. The van der Waals surface area contributed by atoms with Gasteiger partial charge in [-0.2, -0.15) is 0 Å². The highest BCUT2D eigenvalue weighted by molar-refractivity contribution is 6.71. The first-order chi connectivity index (χ1) is 20.6. The second-order valence-electron chi connectivity index (χ2n) is 12.6. The van der Waals surface area contributed by atoms with Crippen molar-refractivity contribution in [2.45, 2.75) is 75.0 Å². The Hall–Kier alpha value is -3.42. The van der Waals surface area contributed by atoms with Crippen LogP contribution in [0.2, 0.25) is 18.6 Å². The monoisotopic (exact) mass is 604 g/mol. The van der Waals surface area contributed by atoms with Gasteiger partial charge in [0.15, 0.2) is 13.9 Å². The van der Waals surface area contributed by atoms with E-state index in [2.05, 4.69) is 26.3 Å². The first kappa shape index (κ1) is 29.6. The lowest BCUT2D eigenvalue weighted by molar-refractivity contribution is -0.143. The van der Waals surface area contributed by atoms with Gasteiger partial charge >= 0.3 is 0 Å². The molecule has 6 rings (SSSR count). The number of amides is 2. The highest BCUT2D eigenvalue weighted by Gasteiger charge is 2.64. The first-order valence-corrected chi connectivity index (χ1v) is 18.1. The number of fused-ring (bicyclic) bond motifs is 2. The summed E-state index contributed by atoms with van der Waals surface area (Å²) in [5.41, 5.74) is 2.06. The Kier molecular flexibility index (Phi) is 7.98. The topological polar surface area (TPSA) is 151 Å². The van der Waals surface area contributed by atoms with Crippen LogP contribution >= 0.6 is 0 Å². The van der Waals surface area contributed by atoms with E-state index >= 15 is 0 Å². The Morgan fingerprint density at radius 2 is 2.05 bits per heavy atom. The molecule has 2 fully saturated rings. The van der Waals surface area contributed by atoms with Crippen LogP contribution in [0.5, 0.6) is 0 Å². The van der Waals surface area contributed by atoms with E-state index in [0.717, 1.165) is 24.9 Å². The third-order valence-corrected chi connectivity index (χ3v) is 11.8. The molecule has 4 heterocycles. The Bertz CT molecular complexity index is 1490. The summed E-state index contributed by atoms with van der Waals surface area (Å²) in [7, 11) is -2.81. The summed E-state index contributed by atoms with van der Waals surface area (Å²) in [4.78, 5) is 38.0. The molecule has 0 radical (unpaired) electrons. The standard InChI is InChI=1S/C31H40N6O5Si/c1-19-28(43(2,3)41)27(13-15-37-17-26(35-36-37)22(18-38)20-8-5-4-6-9-20)42-31(19)23-16-21(11-12-24(23)34-30(31)40)33-29(39)25-10-7-14-32-25/h4-6,8-9,11-12,16-17,19,22,25,27-28,32,38,41H,7,10,13-15,18H2,1-3H3,(H,33,39)(H,34,40)/t19-,22?,25+,27+,28-,31+/m0/s1. The molecule has 3 aliphatic heterocycles. The van der Waals surface area contributed by atoms with Gasteiger partial charge in [-0.1, -0.05) is 42.5 Å². The zero-order chi connectivity index (χ0) is 30.4. The smallest absolute Gasteiger partial charge is 0.261 e. The Morgan fingerprint density at radius 1 is 1.26 bits per heavy atom. The Morgan fingerprint density at radius 3 is 2.74 bits per heavy atom. The minimum absolute atomic E-state index is 0.0883. The van der Waals surface area contributed by atoms with Gasteiger partial charge in [0.2, 0.25) is 5.91 Å². The third-order valence-electron chi connectivity index (χ3n) is 9.32. The molecular weight excluding hydrogens is 564 g/mol. The molecule has 6 atom stereocenters. The normalized spacial score (nSPS) is 27.3. The molecule has 2 amide bonds. The van der Waals surface area contributed by atoms with Crippen molar-refractivity contribution in [1.29, 1.82) is 0 Å². The number of aliphatic hydroxyl groups is 1. The predicted molar refractivity (Wildman–Crippen MR) is 164 cm³/mol. The summed E-state index contributed by atoms with van der Waals surface area (Å²) in [6, 6.07) is 14.9. The van der Waals surface area contributed by atoms with E-state index in [1.165, 1.54) is 0 Å². The van der Waals surface area contributed by atoms with Gasteiger partial charge in [0.1, 0.15) is 0 Å². The quantitative estimate of drug-likeness (QED) is 0.234. The summed E-state index contributed by atoms with van der Waals surface area (Å²) >= 11 is 0. The maximum Gasteiger partial charge on any atom is 0.261 e. The number of aryl methyl sites for hydroxylation is 1. The molecule has 0 bridgehead atoms. The van der Waals surface area contributed by atoms with Crippen LogP contribution in [-0.4, -0.2) is 70.3 Å². The van der Waals surface area contributed by atoms with E-state index in [0.29, 0.717) is 35.6 Å². The minimum Gasteiger partial charge on any atom is -0.432 e. The van der Waals surface area contributed by atoms with E-state index < -0.39 is 20.0 Å². The van der Waals surface area contributed by atoms with Crippen LogP contribution in [0, 0.1) is 5.92 Å². The second-order valence-corrected chi connectivity index (χ2v) is 16.5. The van der Waals surface area contributed by atoms with E-state index in [9.17, 15) is 19.5 Å². The molecule has 11 nitrogen and oxygen atoms in total. The average Bonchev–Trinajstić information content (AvgIpc) is 3.77. The molecule has 2 aromatic carbocycles. The summed E-state index contributed by atoms with van der Waals surface area (Å²) in [6.45, 7) is 6.97. The van der Waals surface area contributed by atoms with Gasteiger partial charge in [0, 0.05) is 41.1 Å². The van der Waals surface area contributed by atoms with Gasteiger partial charge in [0.25, 0.3) is 5.91 Å². The van der Waals surface area contributed by atoms with Crippen LogP contribution in [0.1, 0.15) is 48.9 Å². The SMILES string of the molecule is C[C@H]1[C@H]([Si](C)(C)O)[C@@H](CCn2cc(C(CO)c3ccccc3)nn2)O[C@]12C(=O)Nc1ccc(NC(=O)[C@H]3CCCN3)cc12. The van der Waals surface area contributed by atoms with Crippen molar-refractivity contribution in [3.05, 3.63) is 71.5 Å². The van der Waals surface area contributed by atoms with Crippen molar-refractivity contribution in [1.82, 2.24) is 20.3 Å². The number of carbonyl (C=O) groups excluding carboxylic acids is 2. The zero-order valence-electron chi connectivity index (χ0n) is 24.8. The molecule has 5 N–H and O–H groups in total. The highest BCUT2D eigenvalue weighted by Crippen LogP contribution is 2.58. The van der Waals surface area contributed by atoms with Crippen molar-refractivity contribution in [2.24, 2.45) is 5.92 Å². The molecule has 1 aromatic heterocycles. The molecule has 3 aromatic rings. The van der Waals surface area contributed by atoms with Gasteiger partial charge < -0.3 is 30.6 Å². The first-order valence-electron chi connectivity index (χ1n) is 15.1. The molecule has 228 valence electrons. The summed E-state index contributed by atoms with van der Waals surface area (Å²) in [6.07, 6.45) is 3.70. The van der Waals surface area contributed by atoms with Crippen LogP contribution in [0.15, 0.2) is 54.7 Å². The van der Waals surface area contributed by atoms with Crippen LogP contribution in [0.25, 0.3) is 0 Å². The van der Waals surface area contributed by atoms with E-state index in [1.54, 1.807) is 16.8 Å². The average molecular weight is 605 g/mol. The number of aromatic nitrogens is 3. The van der Waals surface area contributed by atoms with Crippen LogP contribution in [-0.2, 0) is 26.5 Å². The van der Waals surface area contributed by atoms with E-state index in [-0.39, 0.29) is 41.8 Å². The number of nitrogens with one attached hydrogen (secondary N) is 3. The highest BCUT2D eigenvalue weighted by atomic mass is 28.4. The lowest BCUT2D eigenvalue weighted by atomic mass is 9.82. The molecule has 1 spiro atoms. The van der Waals surface area contributed by atoms with Gasteiger partial charge in [-0.3, -0.25) is 14.3 Å². The molecule has 1 unspecified atom stereocenters. The number of nitrogens with zero attached hydrogens (tertiary/aromatic N) is 3. The fourth-order valence-electron chi connectivity index (χ4n) is 7.28. The van der Waals surface area contributed by atoms with Gasteiger partial charge in [-0.05, 0) is 62.7 Å². The molecule has 0 saturated carbocycles. The number of aliphatic hydroxyl groups excluding tert-OH is 1. The molecule has 12 heteroatoms. The van der Waals surface area contributed by atoms with E-state index in [4.69, 9.17) is 4.74 Å². The number of hydrogen-bond acceptors (Lipinski definition) is 8. The van der Waals surface area contributed by atoms with Gasteiger partial charge in [-0.15, -0.1) is 5.10 Å². The number of ether oxygens (including phenoxy) is 1. The van der Waals surface area contributed by atoms with Crippen molar-refractivity contribution < 1.29 is 24.2 Å². The fraction of sp³-hybridized carbons (Fsp3) is 0.484.